The van der Waals surface area contributed by atoms with Gasteiger partial charge in [0.2, 0.25) is 0 Å². The van der Waals surface area contributed by atoms with E-state index in [1.54, 1.807) is 0 Å². The van der Waals surface area contributed by atoms with Crippen molar-refractivity contribution in [1.29, 1.82) is 0 Å². The van der Waals surface area contributed by atoms with Crippen molar-refractivity contribution >= 4 is 0 Å². The quantitative estimate of drug-likeness (QED) is 0.0789. The maximum absolute atomic E-state index is 2.65. The van der Waals surface area contributed by atoms with Gasteiger partial charge >= 0.3 is 0 Å². The predicted molar refractivity (Wildman–Crippen MR) is 192 cm³/mol. The lowest BCUT2D eigenvalue weighted by Crippen LogP contribution is -2.41. The average molecular weight is 595 g/mol. The van der Waals surface area contributed by atoms with Crippen molar-refractivity contribution in [2.24, 2.45) is 0 Å². The van der Waals surface area contributed by atoms with Crippen molar-refractivity contribution in [2.75, 3.05) is 13.1 Å². The molecule has 1 aliphatic heterocycles. The molecule has 0 fully saturated rings. The minimum Gasteiger partial charge on any atom is -0.356 e. The Morgan fingerprint density at radius 2 is 0.698 bits per heavy atom. The minimum absolute atomic E-state index is 0.502. The Labute approximate surface area is 270 Å². The van der Waals surface area contributed by atoms with E-state index in [1.807, 2.05) is 0 Å². The summed E-state index contributed by atoms with van der Waals surface area (Å²) in [6, 6.07) is 11.2. The summed E-state index contributed by atoms with van der Waals surface area (Å²) in [6.07, 6.45) is 45.0. The molecular weight excluding hydrogens is 520 g/mol. The van der Waals surface area contributed by atoms with Crippen LogP contribution in [0.3, 0.4) is 0 Å². The van der Waals surface area contributed by atoms with Crippen molar-refractivity contribution in [3.8, 4) is 0 Å². The van der Waals surface area contributed by atoms with Crippen LogP contribution in [0.15, 0.2) is 42.7 Å². The standard InChI is InChI=1S/C41H74N2/c1-3-5-7-9-11-13-15-16-17-18-19-21-23-25-27-32-36-43-38-37-42(41(43)39-40-33-29-28-30-34-40)35-31-26-24-22-20-14-12-10-8-6-4-2/h28-30,33-34,37-38,41H,3-27,31-32,35-36,39H2,1-2H3. The van der Waals surface area contributed by atoms with Crippen molar-refractivity contribution in [3.05, 3.63) is 48.3 Å². The number of unbranched alkanes of at least 4 members (excludes halogenated alkanes) is 25. The molecule has 2 heteroatoms. The zero-order valence-electron chi connectivity index (χ0n) is 29.2. The van der Waals surface area contributed by atoms with Gasteiger partial charge in [0.05, 0.1) is 0 Å². The molecule has 1 aromatic rings. The number of hydrogen-bond acceptors (Lipinski definition) is 2. The highest BCUT2D eigenvalue weighted by molar-refractivity contribution is 5.17. The molecule has 248 valence electrons. The van der Waals surface area contributed by atoms with Gasteiger partial charge in [-0.2, -0.15) is 0 Å². The van der Waals surface area contributed by atoms with Gasteiger partial charge in [0.1, 0.15) is 6.17 Å². The lowest BCUT2D eigenvalue weighted by molar-refractivity contribution is 0.148. The molecule has 2 nitrogen and oxygen atoms in total. The number of benzene rings is 1. The summed E-state index contributed by atoms with van der Waals surface area (Å²) in [5, 5.41) is 0. The van der Waals surface area contributed by atoms with Crippen LogP contribution in [0.1, 0.15) is 193 Å². The summed E-state index contributed by atoms with van der Waals surface area (Å²) in [5.41, 5.74) is 1.47. The summed E-state index contributed by atoms with van der Waals surface area (Å²) in [4.78, 5) is 5.29. The Kier molecular flexibility index (Phi) is 24.6. The van der Waals surface area contributed by atoms with E-state index < -0.39 is 0 Å². The number of hydrogen-bond donors (Lipinski definition) is 0. The summed E-state index contributed by atoms with van der Waals surface area (Å²) in [6.45, 7) is 7.03. The molecule has 0 saturated heterocycles. The van der Waals surface area contributed by atoms with Gasteiger partial charge in [-0.15, -0.1) is 0 Å². The monoisotopic (exact) mass is 595 g/mol. The van der Waals surface area contributed by atoms with E-state index in [4.69, 9.17) is 0 Å². The van der Waals surface area contributed by atoms with Gasteiger partial charge in [-0.3, -0.25) is 0 Å². The highest BCUT2D eigenvalue weighted by Crippen LogP contribution is 2.23. The van der Waals surface area contributed by atoms with Crippen LogP contribution in [0, 0.1) is 0 Å². The third kappa shape index (κ3) is 20.3. The molecule has 0 amide bonds. The lowest BCUT2D eigenvalue weighted by Gasteiger charge is -2.33. The highest BCUT2D eigenvalue weighted by Gasteiger charge is 2.25. The summed E-state index contributed by atoms with van der Waals surface area (Å²) in [7, 11) is 0. The molecule has 2 rings (SSSR count). The second kappa shape index (κ2) is 28.1. The van der Waals surface area contributed by atoms with Gasteiger partial charge in [0, 0.05) is 31.9 Å². The first-order valence-electron chi connectivity index (χ1n) is 19.6. The van der Waals surface area contributed by atoms with Crippen LogP contribution in [-0.2, 0) is 6.42 Å². The normalized spacial score (nSPS) is 14.8. The van der Waals surface area contributed by atoms with Crippen LogP contribution in [0.5, 0.6) is 0 Å². The first-order valence-corrected chi connectivity index (χ1v) is 19.6. The first kappa shape index (κ1) is 37.7. The molecule has 0 saturated carbocycles. The van der Waals surface area contributed by atoms with Gasteiger partial charge in [0.15, 0.2) is 0 Å². The average Bonchev–Trinajstić information content (AvgIpc) is 3.40. The third-order valence-corrected chi connectivity index (χ3v) is 9.77. The van der Waals surface area contributed by atoms with E-state index in [0.717, 1.165) is 6.42 Å². The van der Waals surface area contributed by atoms with Gasteiger partial charge in [-0.25, -0.2) is 0 Å². The summed E-state index contributed by atoms with van der Waals surface area (Å²) in [5.74, 6) is 0. The molecule has 1 aliphatic rings. The van der Waals surface area contributed by atoms with Gasteiger partial charge in [0.25, 0.3) is 0 Å². The maximum Gasteiger partial charge on any atom is 0.105 e. The fraction of sp³-hybridized carbons (Fsp3) is 0.805. The Hall–Kier alpha value is -1.44. The fourth-order valence-electron chi connectivity index (χ4n) is 6.87. The van der Waals surface area contributed by atoms with Crippen LogP contribution in [0.4, 0.5) is 0 Å². The first-order chi connectivity index (χ1) is 21.3. The Morgan fingerprint density at radius 3 is 1.02 bits per heavy atom. The molecule has 0 radical (unpaired) electrons. The zero-order valence-corrected chi connectivity index (χ0v) is 29.2. The number of nitrogens with zero attached hydrogens (tertiary/aromatic N) is 2. The highest BCUT2D eigenvalue weighted by atomic mass is 15.4. The molecule has 1 aromatic carbocycles. The molecule has 0 spiro atoms. The molecule has 1 atom stereocenters. The minimum atomic E-state index is 0.502. The van der Waals surface area contributed by atoms with Crippen molar-refractivity contribution < 1.29 is 0 Å². The largest absolute Gasteiger partial charge is 0.356 e. The van der Waals surface area contributed by atoms with Crippen LogP contribution in [-0.4, -0.2) is 29.1 Å². The van der Waals surface area contributed by atoms with E-state index >= 15 is 0 Å². The predicted octanol–water partition coefficient (Wildman–Crippen LogP) is 13.2. The maximum atomic E-state index is 2.65. The van der Waals surface area contributed by atoms with Gasteiger partial charge < -0.3 is 9.80 Å². The second-order valence-corrected chi connectivity index (χ2v) is 13.8. The summed E-state index contributed by atoms with van der Waals surface area (Å²) < 4.78 is 0. The molecule has 0 N–H and O–H groups in total. The third-order valence-electron chi connectivity index (χ3n) is 9.77. The Bertz CT molecular complexity index is 728. The topological polar surface area (TPSA) is 6.48 Å². The molecular formula is C41H74N2. The smallest absolute Gasteiger partial charge is 0.105 e. The summed E-state index contributed by atoms with van der Waals surface area (Å²) >= 11 is 0. The lowest BCUT2D eigenvalue weighted by atomic mass is 10.0. The molecule has 1 heterocycles. The fourth-order valence-corrected chi connectivity index (χ4v) is 6.87. The molecule has 0 aliphatic carbocycles. The van der Waals surface area contributed by atoms with E-state index in [2.05, 4.69) is 66.4 Å². The molecule has 1 unspecified atom stereocenters. The molecule has 0 bridgehead atoms. The SMILES string of the molecule is CCCCCCCCCCCCCCCCCCN1C=CN(CCCCCCCCCCCCC)C1Cc1ccccc1. The van der Waals surface area contributed by atoms with Crippen molar-refractivity contribution in [3.63, 3.8) is 0 Å². The van der Waals surface area contributed by atoms with Gasteiger partial charge in [-0.1, -0.05) is 205 Å². The second-order valence-electron chi connectivity index (χ2n) is 13.8. The molecule has 43 heavy (non-hydrogen) atoms. The van der Waals surface area contributed by atoms with Gasteiger partial charge in [-0.05, 0) is 18.4 Å². The van der Waals surface area contributed by atoms with E-state index in [0.29, 0.717) is 6.17 Å². The van der Waals surface area contributed by atoms with Crippen LogP contribution >= 0.6 is 0 Å². The zero-order chi connectivity index (χ0) is 30.5. The molecule has 0 aromatic heterocycles. The number of rotatable bonds is 31. The van der Waals surface area contributed by atoms with Crippen LogP contribution in [0.2, 0.25) is 0 Å². The van der Waals surface area contributed by atoms with Crippen molar-refractivity contribution in [1.82, 2.24) is 9.80 Å². The Morgan fingerprint density at radius 1 is 0.395 bits per heavy atom. The van der Waals surface area contributed by atoms with E-state index in [1.165, 1.54) is 192 Å². The van der Waals surface area contributed by atoms with Crippen LogP contribution in [0.25, 0.3) is 0 Å². The van der Waals surface area contributed by atoms with Crippen molar-refractivity contribution in [2.45, 2.75) is 200 Å². The van der Waals surface area contributed by atoms with Crippen LogP contribution < -0.4 is 0 Å². The van der Waals surface area contributed by atoms with E-state index in [-0.39, 0.29) is 0 Å². The van der Waals surface area contributed by atoms with E-state index in [9.17, 15) is 0 Å². The Balaban J connectivity index is 1.52.